The van der Waals surface area contributed by atoms with Crippen molar-refractivity contribution in [2.75, 3.05) is 11.1 Å². The topological polar surface area (TPSA) is 53.5 Å². The van der Waals surface area contributed by atoms with Crippen LogP contribution in [0.4, 0.5) is 11.4 Å². The first-order valence-corrected chi connectivity index (χ1v) is 9.50. The average Bonchev–Trinajstić information content (AvgIpc) is 2.66. The number of nitrogens with one attached hydrogen (secondary N) is 2. The number of amides is 1. The van der Waals surface area contributed by atoms with Gasteiger partial charge in [0.05, 0.1) is 17.1 Å². The summed E-state index contributed by atoms with van der Waals surface area (Å²) in [6, 6.07) is 20.4. The normalized spacial score (nSPS) is 12.4. The second-order valence-electron chi connectivity index (χ2n) is 6.27. The van der Waals surface area contributed by atoms with Gasteiger partial charge >= 0.3 is 0 Å². The highest BCUT2D eigenvalue weighted by Gasteiger charge is 2.15. The number of thioether (sulfide) groups is 1. The molecule has 1 aliphatic heterocycles. The number of benzene rings is 3. The molecule has 5 heteroatoms. The van der Waals surface area contributed by atoms with E-state index in [1.165, 1.54) is 17.3 Å². The van der Waals surface area contributed by atoms with Crippen molar-refractivity contribution in [3.05, 3.63) is 71.8 Å². The highest BCUT2D eigenvalue weighted by Crippen LogP contribution is 2.36. The zero-order valence-electron chi connectivity index (χ0n) is 14.5. The van der Waals surface area contributed by atoms with Crippen LogP contribution in [-0.4, -0.2) is 16.8 Å². The maximum atomic E-state index is 12.1. The van der Waals surface area contributed by atoms with Crippen LogP contribution in [0, 0.1) is 6.92 Å². The van der Waals surface area contributed by atoms with E-state index in [0.29, 0.717) is 12.3 Å². The third-order valence-corrected chi connectivity index (χ3v) is 5.17. The lowest BCUT2D eigenvalue weighted by Gasteiger charge is -2.18. The van der Waals surface area contributed by atoms with Crippen LogP contribution in [-0.2, 0) is 11.3 Å². The summed E-state index contributed by atoms with van der Waals surface area (Å²) in [6.45, 7) is 2.59. The molecule has 0 bridgehead atoms. The first kappa shape index (κ1) is 16.7. The van der Waals surface area contributed by atoms with Crippen LogP contribution in [0.3, 0.4) is 0 Å². The lowest BCUT2D eigenvalue weighted by atomic mass is 10.1. The molecule has 1 amide bonds. The third-order valence-electron chi connectivity index (χ3n) is 4.30. The highest BCUT2D eigenvalue weighted by atomic mass is 32.2. The Hall–Kier alpha value is -2.79. The van der Waals surface area contributed by atoms with E-state index < -0.39 is 0 Å². The quantitative estimate of drug-likeness (QED) is 0.713. The number of amidine groups is 1. The smallest absolute Gasteiger partial charge is 0.230 e. The standard InChI is InChI=1S/C21H19N3OS/c1-14-8-10-15(11-9-14)12-22-19(25)13-26-21-23-17-6-2-4-16-5-3-7-18(24-21)20(16)17/h2-11H,12-13H2,1H3,(H,22,25)(H,23,24). The van der Waals surface area contributed by atoms with Gasteiger partial charge in [0.1, 0.15) is 0 Å². The predicted octanol–water partition coefficient (Wildman–Crippen LogP) is 4.61. The Morgan fingerprint density at radius 1 is 1.08 bits per heavy atom. The molecule has 3 aromatic carbocycles. The Balaban J connectivity index is 1.37. The minimum Gasteiger partial charge on any atom is -0.351 e. The van der Waals surface area contributed by atoms with Crippen LogP contribution in [0.2, 0.25) is 0 Å². The summed E-state index contributed by atoms with van der Waals surface area (Å²) >= 11 is 1.42. The molecule has 3 aromatic rings. The van der Waals surface area contributed by atoms with Crippen LogP contribution in [0.25, 0.3) is 10.8 Å². The second kappa shape index (κ2) is 7.22. The van der Waals surface area contributed by atoms with E-state index in [2.05, 4.69) is 46.8 Å². The van der Waals surface area contributed by atoms with Crippen molar-refractivity contribution in [1.29, 1.82) is 0 Å². The summed E-state index contributed by atoms with van der Waals surface area (Å²) in [5, 5.41) is 9.33. The fourth-order valence-electron chi connectivity index (χ4n) is 2.93. The van der Waals surface area contributed by atoms with Crippen molar-refractivity contribution < 1.29 is 4.79 Å². The van der Waals surface area contributed by atoms with Crippen LogP contribution < -0.4 is 10.6 Å². The van der Waals surface area contributed by atoms with E-state index in [0.717, 1.165) is 32.9 Å². The number of rotatable bonds is 4. The van der Waals surface area contributed by atoms with Gasteiger partial charge in [0.25, 0.3) is 0 Å². The molecule has 0 saturated heterocycles. The molecule has 0 saturated carbocycles. The molecule has 4 nitrogen and oxygen atoms in total. The Morgan fingerprint density at radius 2 is 1.85 bits per heavy atom. The zero-order valence-corrected chi connectivity index (χ0v) is 15.3. The van der Waals surface area contributed by atoms with Gasteiger partial charge in [0, 0.05) is 11.9 Å². The molecule has 0 spiro atoms. The van der Waals surface area contributed by atoms with Crippen molar-refractivity contribution >= 4 is 45.0 Å². The Morgan fingerprint density at radius 3 is 2.65 bits per heavy atom. The molecule has 1 heterocycles. The number of carbonyl (C=O) groups is 1. The Kier molecular flexibility index (Phi) is 4.63. The lowest BCUT2D eigenvalue weighted by molar-refractivity contribution is -0.118. The lowest BCUT2D eigenvalue weighted by Crippen LogP contribution is -2.26. The maximum Gasteiger partial charge on any atom is 0.230 e. The summed E-state index contributed by atoms with van der Waals surface area (Å²) in [5.74, 6) is 0.327. The van der Waals surface area contributed by atoms with E-state index in [9.17, 15) is 4.79 Å². The summed E-state index contributed by atoms with van der Waals surface area (Å²) in [4.78, 5) is 16.8. The Labute approximate surface area is 156 Å². The number of carbonyl (C=O) groups excluding carboxylic acids is 1. The molecule has 0 aromatic heterocycles. The van der Waals surface area contributed by atoms with Gasteiger partial charge in [0.2, 0.25) is 5.91 Å². The molecule has 0 aliphatic carbocycles. The van der Waals surface area contributed by atoms with Crippen molar-refractivity contribution in [2.45, 2.75) is 13.5 Å². The first-order chi connectivity index (χ1) is 12.7. The monoisotopic (exact) mass is 361 g/mol. The molecule has 4 rings (SSSR count). The van der Waals surface area contributed by atoms with Crippen LogP contribution in [0.15, 0.2) is 65.7 Å². The molecule has 0 fully saturated rings. The van der Waals surface area contributed by atoms with Crippen molar-refractivity contribution in [3.8, 4) is 0 Å². The van der Waals surface area contributed by atoms with Gasteiger partial charge in [-0.3, -0.25) is 4.79 Å². The Bertz CT molecular complexity index is 991. The molecular formula is C21H19N3OS. The number of nitrogens with zero attached hydrogens (tertiary/aromatic N) is 1. The van der Waals surface area contributed by atoms with E-state index >= 15 is 0 Å². The number of hydrogen-bond donors (Lipinski definition) is 2. The average molecular weight is 361 g/mol. The van der Waals surface area contributed by atoms with Crippen molar-refractivity contribution in [1.82, 2.24) is 5.32 Å². The van der Waals surface area contributed by atoms with Gasteiger partial charge in [-0.25, -0.2) is 4.99 Å². The molecular weight excluding hydrogens is 342 g/mol. The number of hydrogen-bond acceptors (Lipinski definition) is 4. The molecule has 26 heavy (non-hydrogen) atoms. The van der Waals surface area contributed by atoms with Crippen molar-refractivity contribution in [3.63, 3.8) is 0 Å². The maximum absolute atomic E-state index is 12.1. The van der Waals surface area contributed by atoms with E-state index in [-0.39, 0.29) is 5.91 Å². The van der Waals surface area contributed by atoms with E-state index in [4.69, 9.17) is 0 Å². The van der Waals surface area contributed by atoms with Crippen molar-refractivity contribution in [2.24, 2.45) is 4.99 Å². The van der Waals surface area contributed by atoms with Gasteiger partial charge < -0.3 is 10.6 Å². The van der Waals surface area contributed by atoms with E-state index in [1.807, 2.05) is 36.4 Å². The SMILES string of the molecule is Cc1ccc(CNC(=O)CSC2=Nc3cccc4cccc(c34)N2)cc1. The first-order valence-electron chi connectivity index (χ1n) is 8.51. The fourth-order valence-corrected chi connectivity index (χ4v) is 3.65. The third kappa shape index (κ3) is 3.58. The second-order valence-corrected chi connectivity index (χ2v) is 7.24. The molecule has 0 atom stereocenters. The zero-order chi connectivity index (χ0) is 17.9. The van der Waals surface area contributed by atoms with Crippen LogP contribution in [0.1, 0.15) is 11.1 Å². The summed E-state index contributed by atoms with van der Waals surface area (Å²) in [7, 11) is 0. The van der Waals surface area contributed by atoms with Gasteiger partial charge in [-0.05, 0) is 30.0 Å². The minimum atomic E-state index is -0.00265. The molecule has 2 N–H and O–H groups in total. The van der Waals surface area contributed by atoms with Crippen LogP contribution in [0.5, 0.6) is 0 Å². The molecule has 1 aliphatic rings. The van der Waals surface area contributed by atoms with Gasteiger partial charge in [0.15, 0.2) is 5.17 Å². The molecule has 0 radical (unpaired) electrons. The molecule has 0 unspecified atom stereocenters. The summed E-state index contributed by atoms with van der Waals surface area (Å²) in [6.07, 6.45) is 0. The molecule has 130 valence electrons. The summed E-state index contributed by atoms with van der Waals surface area (Å²) < 4.78 is 0. The van der Waals surface area contributed by atoms with Crippen LogP contribution >= 0.6 is 11.8 Å². The number of aliphatic imine (C=N–C) groups is 1. The van der Waals surface area contributed by atoms with Gasteiger partial charge in [-0.2, -0.15) is 0 Å². The number of aryl methyl sites for hydroxylation is 1. The van der Waals surface area contributed by atoms with Gasteiger partial charge in [-0.1, -0.05) is 65.9 Å². The minimum absolute atomic E-state index is 0.00265. The van der Waals surface area contributed by atoms with E-state index in [1.54, 1.807) is 0 Å². The predicted molar refractivity (Wildman–Crippen MR) is 110 cm³/mol. The summed E-state index contributed by atoms with van der Waals surface area (Å²) in [5.41, 5.74) is 4.30. The largest absolute Gasteiger partial charge is 0.351 e. The fraction of sp³-hybridized carbons (Fsp3) is 0.143. The van der Waals surface area contributed by atoms with Gasteiger partial charge in [-0.15, -0.1) is 0 Å². The highest BCUT2D eigenvalue weighted by molar-refractivity contribution is 8.14. The number of anilines is 1.